The molecule has 0 aromatic rings. The van der Waals surface area contributed by atoms with Crippen LogP contribution in [0.1, 0.15) is 16.7 Å². The van der Waals surface area contributed by atoms with Gasteiger partial charge in [0.15, 0.2) is 0 Å². The Kier molecular flexibility index (Phi) is 9.91. The minimum absolute atomic E-state index is 0. The van der Waals surface area contributed by atoms with Crippen molar-refractivity contribution in [3.63, 3.8) is 0 Å². The van der Waals surface area contributed by atoms with E-state index in [1.54, 1.807) is 0 Å². The Bertz CT molecular complexity index is 41.0. The fraction of sp³-hybridized carbons (Fsp3) is 0.750. The largest absolute Gasteiger partial charge is 2.00 e. The number of carbonyl (C=O) groups is 1. The summed E-state index contributed by atoms with van der Waals surface area (Å²) in [5.41, 5.74) is 0. The van der Waals surface area contributed by atoms with Crippen LogP contribution in [0.2, 0.25) is 0 Å². The third-order valence-corrected chi connectivity index (χ3v) is 0.272. The van der Waals surface area contributed by atoms with Crippen LogP contribution >= 0.6 is 0 Å². The Labute approximate surface area is 71.1 Å². The van der Waals surface area contributed by atoms with Gasteiger partial charge in [0, 0.05) is 5.92 Å². The third-order valence-electron chi connectivity index (χ3n) is 0.272. The van der Waals surface area contributed by atoms with Crippen molar-refractivity contribution >= 4 is 44.0 Å². The van der Waals surface area contributed by atoms with Gasteiger partial charge in [-0.1, -0.05) is 13.8 Å². The van der Waals surface area contributed by atoms with Gasteiger partial charge >= 0.3 is 37.7 Å². The molecule has 0 heterocycles. The zero-order valence-corrected chi connectivity index (χ0v) is 6.48. The number of aldehydes is 1. The van der Waals surface area contributed by atoms with Gasteiger partial charge in [0.1, 0.15) is 6.29 Å². The fourth-order valence-electron chi connectivity index (χ4n) is 0. The first-order valence-electron chi connectivity index (χ1n) is 1.72. The number of carbonyl (C=O) groups excluding carboxylic acids is 1. The van der Waals surface area contributed by atoms with Crippen LogP contribution in [0, 0.1) is 5.92 Å². The maximum absolute atomic E-state index is 9.50. The number of hydrogen-bond acceptors (Lipinski definition) is 1. The molecule has 0 aliphatic heterocycles. The molecule has 0 aliphatic carbocycles. The third kappa shape index (κ3) is 8.87. The van der Waals surface area contributed by atoms with Crippen molar-refractivity contribution in [2.75, 3.05) is 0 Å². The Morgan fingerprint density at radius 2 is 1.83 bits per heavy atom. The van der Waals surface area contributed by atoms with Crippen LogP contribution in [0.15, 0.2) is 0 Å². The monoisotopic (exact) mass is 114 g/mol. The van der Waals surface area contributed by atoms with E-state index in [1.807, 2.05) is 13.8 Å². The summed E-state index contributed by atoms with van der Waals surface area (Å²) in [5.74, 6) is 0.204. The van der Waals surface area contributed by atoms with E-state index < -0.39 is 0 Å². The summed E-state index contributed by atoms with van der Waals surface area (Å²) in [7, 11) is 0. The fourth-order valence-corrected chi connectivity index (χ4v) is 0. The van der Waals surface area contributed by atoms with Gasteiger partial charge in [-0.3, -0.25) is 0 Å². The summed E-state index contributed by atoms with van der Waals surface area (Å²) in [6, 6.07) is 0. The topological polar surface area (TPSA) is 17.1 Å². The molecule has 0 aromatic heterocycles. The smallest absolute Gasteiger partial charge is 1.00 e. The summed E-state index contributed by atoms with van der Waals surface area (Å²) < 4.78 is 0. The molecule has 0 fully saturated rings. The molecular weight excluding hydrogens is 104 g/mol. The van der Waals surface area contributed by atoms with E-state index in [0.29, 0.717) is 0 Å². The Morgan fingerprint density at radius 3 is 1.83 bits per heavy atom. The van der Waals surface area contributed by atoms with Gasteiger partial charge in [-0.25, -0.2) is 0 Å². The van der Waals surface area contributed by atoms with Gasteiger partial charge in [-0.15, -0.1) is 0 Å². The van der Waals surface area contributed by atoms with E-state index in [4.69, 9.17) is 0 Å². The van der Waals surface area contributed by atoms with Crippen LogP contribution in [0.3, 0.4) is 0 Å². The van der Waals surface area contributed by atoms with E-state index in [9.17, 15) is 4.79 Å². The molecule has 0 rings (SSSR count). The molecule has 6 heavy (non-hydrogen) atoms. The van der Waals surface area contributed by atoms with Crippen molar-refractivity contribution in [3.8, 4) is 0 Å². The normalized spacial score (nSPS) is 7.17. The second-order valence-electron chi connectivity index (χ2n) is 1.38. The minimum atomic E-state index is 0. The van der Waals surface area contributed by atoms with E-state index in [0.717, 1.165) is 6.29 Å². The second kappa shape index (κ2) is 5.93. The molecule has 0 radical (unpaired) electrons. The molecule has 1 nitrogen and oxygen atoms in total. The zero-order valence-electron chi connectivity index (χ0n) is 6.27. The van der Waals surface area contributed by atoms with Crippen LogP contribution in [0.5, 0.6) is 0 Å². The first-order valence-corrected chi connectivity index (χ1v) is 1.72. The van der Waals surface area contributed by atoms with Gasteiger partial charge in [0.2, 0.25) is 0 Å². The molecule has 0 aromatic carbocycles. The van der Waals surface area contributed by atoms with Crippen LogP contribution in [-0.4, -0.2) is 44.0 Å². The molecule has 0 bridgehead atoms. The summed E-state index contributed by atoms with van der Waals surface area (Å²) in [6.07, 6.45) is 0.917. The summed E-state index contributed by atoms with van der Waals surface area (Å²) in [6.45, 7) is 3.71. The quantitative estimate of drug-likeness (QED) is 0.362. The molecule has 0 N–H and O–H groups in total. The van der Waals surface area contributed by atoms with Crippen LogP contribution < -0.4 is 0 Å². The zero-order chi connectivity index (χ0) is 4.28. The molecule has 0 unspecified atom stereocenters. The molecule has 2 heteroatoms. The molecular formula is C4H10CaO. The molecule has 0 saturated heterocycles. The minimum Gasteiger partial charge on any atom is -1.00 e. The summed E-state index contributed by atoms with van der Waals surface area (Å²) >= 11 is 0. The van der Waals surface area contributed by atoms with Crippen LogP contribution in [-0.2, 0) is 4.79 Å². The van der Waals surface area contributed by atoms with Gasteiger partial charge in [-0.2, -0.15) is 0 Å². The van der Waals surface area contributed by atoms with Crippen molar-refractivity contribution in [3.05, 3.63) is 0 Å². The van der Waals surface area contributed by atoms with Crippen molar-refractivity contribution in [1.29, 1.82) is 0 Å². The van der Waals surface area contributed by atoms with Crippen molar-refractivity contribution in [2.24, 2.45) is 5.92 Å². The predicted molar refractivity (Wildman–Crippen MR) is 28.9 cm³/mol. The molecule has 0 saturated carbocycles. The van der Waals surface area contributed by atoms with Gasteiger partial charge in [0.25, 0.3) is 0 Å². The summed E-state index contributed by atoms with van der Waals surface area (Å²) in [5, 5.41) is 0. The Morgan fingerprint density at radius 1 is 1.67 bits per heavy atom. The molecule has 0 aliphatic rings. The van der Waals surface area contributed by atoms with Crippen molar-refractivity contribution in [1.82, 2.24) is 0 Å². The van der Waals surface area contributed by atoms with E-state index in [-0.39, 0.29) is 46.5 Å². The van der Waals surface area contributed by atoms with E-state index in [1.165, 1.54) is 0 Å². The molecule has 0 spiro atoms. The SMILES string of the molecule is CC(C)C=O.[Ca+2].[H-].[H-]. The number of rotatable bonds is 1. The standard InChI is InChI=1S/C4H8O.Ca.2H/c1-4(2)3-5;;;/h3-4H,1-2H3;;;/q;+2;2*-1. The molecule has 0 atom stereocenters. The first kappa shape index (κ1) is 10.0. The Balaban J connectivity index is -0.0000000267. The number of hydrogen-bond donors (Lipinski definition) is 0. The summed E-state index contributed by atoms with van der Waals surface area (Å²) in [4.78, 5) is 9.50. The average molecular weight is 114 g/mol. The Hall–Kier alpha value is 0.930. The second-order valence-corrected chi connectivity index (χ2v) is 1.38. The first-order chi connectivity index (χ1) is 2.27. The average Bonchev–Trinajstić information content (AvgIpc) is 1.38. The van der Waals surface area contributed by atoms with Gasteiger partial charge in [0.05, 0.1) is 0 Å². The molecule has 34 valence electrons. The van der Waals surface area contributed by atoms with Gasteiger partial charge < -0.3 is 7.65 Å². The van der Waals surface area contributed by atoms with Gasteiger partial charge in [-0.05, 0) is 0 Å². The van der Waals surface area contributed by atoms with Crippen LogP contribution in [0.25, 0.3) is 0 Å². The van der Waals surface area contributed by atoms with E-state index in [2.05, 4.69) is 0 Å². The van der Waals surface area contributed by atoms with Crippen molar-refractivity contribution < 1.29 is 7.65 Å². The molecule has 0 amide bonds. The maximum atomic E-state index is 9.50. The van der Waals surface area contributed by atoms with Crippen LogP contribution in [0.4, 0.5) is 0 Å². The van der Waals surface area contributed by atoms with Crippen molar-refractivity contribution in [2.45, 2.75) is 13.8 Å². The predicted octanol–water partition coefficient (Wildman–Crippen LogP) is 0.685. The van der Waals surface area contributed by atoms with E-state index >= 15 is 0 Å². The maximum Gasteiger partial charge on any atom is 2.00 e.